The minimum absolute atomic E-state index is 0.00603. The SMILES string of the molecule is CC1(NC(=O)c2cc(Cl)cc(S(=O)(=O)Cl)c2Cl)CCC1. The zero-order valence-electron chi connectivity index (χ0n) is 10.5. The molecule has 110 valence electrons. The molecule has 20 heavy (non-hydrogen) atoms. The Hall–Kier alpha value is -0.490. The Kier molecular flexibility index (Phi) is 4.27. The predicted molar refractivity (Wildman–Crippen MR) is 79.2 cm³/mol. The topological polar surface area (TPSA) is 63.2 Å². The summed E-state index contributed by atoms with van der Waals surface area (Å²) in [6, 6.07) is 2.45. The van der Waals surface area contributed by atoms with Crippen LogP contribution in [0.2, 0.25) is 10.0 Å². The lowest BCUT2D eigenvalue weighted by molar-refractivity contribution is 0.0850. The van der Waals surface area contributed by atoms with Crippen LogP contribution in [0.15, 0.2) is 17.0 Å². The number of carbonyl (C=O) groups is 1. The molecule has 1 N–H and O–H groups in total. The quantitative estimate of drug-likeness (QED) is 0.842. The molecule has 0 heterocycles. The number of nitrogens with one attached hydrogen (secondary N) is 1. The van der Waals surface area contributed by atoms with Crippen molar-refractivity contribution in [1.82, 2.24) is 5.32 Å². The molecular formula is C12H12Cl3NO3S. The normalized spacial score (nSPS) is 17.4. The molecule has 0 unspecified atom stereocenters. The summed E-state index contributed by atoms with van der Waals surface area (Å²) in [6.45, 7) is 1.92. The lowest BCUT2D eigenvalue weighted by Gasteiger charge is -2.39. The Morgan fingerprint density at radius 2 is 1.90 bits per heavy atom. The van der Waals surface area contributed by atoms with Gasteiger partial charge >= 0.3 is 0 Å². The summed E-state index contributed by atoms with van der Waals surface area (Å²) in [4.78, 5) is 11.8. The van der Waals surface area contributed by atoms with Crippen molar-refractivity contribution in [3.8, 4) is 0 Å². The smallest absolute Gasteiger partial charge is 0.262 e. The number of rotatable bonds is 3. The minimum atomic E-state index is -4.07. The van der Waals surface area contributed by atoms with Crippen LogP contribution in [0, 0.1) is 0 Å². The highest BCUT2D eigenvalue weighted by molar-refractivity contribution is 8.13. The van der Waals surface area contributed by atoms with E-state index in [9.17, 15) is 13.2 Å². The van der Waals surface area contributed by atoms with Gasteiger partial charge in [-0.3, -0.25) is 4.79 Å². The maximum Gasteiger partial charge on any atom is 0.262 e. The van der Waals surface area contributed by atoms with Gasteiger partial charge in [-0.1, -0.05) is 23.2 Å². The second-order valence-corrected chi connectivity index (χ2v) is 8.42. The number of benzene rings is 1. The van der Waals surface area contributed by atoms with Crippen molar-refractivity contribution in [3.05, 3.63) is 27.7 Å². The van der Waals surface area contributed by atoms with Crippen molar-refractivity contribution in [2.75, 3.05) is 0 Å². The van der Waals surface area contributed by atoms with Crippen LogP contribution in [0.1, 0.15) is 36.5 Å². The summed E-state index contributed by atoms with van der Waals surface area (Å²) in [5, 5.41) is 2.70. The van der Waals surface area contributed by atoms with E-state index in [1.54, 1.807) is 0 Å². The van der Waals surface area contributed by atoms with E-state index in [0.29, 0.717) is 0 Å². The van der Waals surface area contributed by atoms with E-state index in [4.69, 9.17) is 33.9 Å². The first-order chi connectivity index (χ1) is 9.12. The molecular weight excluding hydrogens is 345 g/mol. The van der Waals surface area contributed by atoms with E-state index in [0.717, 1.165) is 25.3 Å². The van der Waals surface area contributed by atoms with Gasteiger partial charge in [-0.25, -0.2) is 8.42 Å². The fourth-order valence-electron chi connectivity index (χ4n) is 2.08. The van der Waals surface area contributed by atoms with E-state index in [1.807, 2.05) is 6.92 Å². The largest absolute Gasteiger partial charge is 0.347 e. The number of hydrogen-bond acceptors (Lipinski definition) is 3. The van der Waals surface area contributed by atoms with E-state index in [2.05, 4.69) is 5.32 Å². The zero-order valence-corrected chi connectivity index (χ0v) is 13.6. The molecule has 1 aromatic rings. The Morgan fingerprint density at radius 3 is 2.35 bits per heavy atom. The summed E-state index contributed by atoms with van der Waals surface area (Å²) in [5.41, 5.74) is -0.269. The first-order valence-corrected chi connectivity index (χ1v) is 8.95. The highest BCUT2D eigenvalue weighted by atomic mass is 35.7. The molecule has 1 aliphatic rings. The maximum absolute atomic E-state index is 12.2. The van der Waals surface area contributed by atoms with Crippen LogP contribution >= 0.6 is 33.9 Å². The van der Waals surface area contributed by atoms with E-state index in [1.165, 1.54) is 6.07 Å². The Bertz CT molecular complexity index is 669. The van der Waals surface area contributed by atoms with Crippen LogP contribution in [0.25, 0.3) is 0 Å². The van der Waals surface area contributed by atoms with Crippen molar-refractivity contribution in [2.45, 2.75) is 36.6 Å². The van der Waals surface area contributed by atoms with Gasteiger partial charge in [0.25, 0.3) is 15.0 Å². The Morgan fingerprint density at radius 1 is 1.30 bits per heavy atom. The standard InChI is InChI=1S/C12H12Cl3NO3S/c1-12(3-2-4-12)16-11(17)8-5-7(13)6-9(10(8)14)20(15,18)19/h5-6H,2-4H2,1H3,(H,16,17). The van der Waals surface area contributed by atoms with Crippen molar-refractivity contribution in [3.63, 3.8) is 0 Å². The summed E-state index contributed by atoms with van der Waals surface area (Å²) in [7, 11) is 1.21. The summed E-state index contributed by atoms with van der Waals surface area (Å²) in [5.74, 6) is -0.457. The van der Waals surface area contributed by atoms with Crippen molar-refractivity contribution in [2.24, 2.45) is 0 Å². The third-order valence-corrected chi connectivity index (χ3v) is 5.47. The Balaban J connectivity index is 2.41. The van der Waals surface area contributed by atoms with E-state index >= 15 is 0 Å². The molecule has 4 nitrogen and oxygen atoms in total. The monoisotopic (exact) mass is 355 g/mol. The van der Waals surface area contributed by atoms with Gasteiger partial charge in [0.15, 0.2) is 0 Å². The second-order valence-electron chi connectivity index (χ2n) is 5.07. The van der Waals surface area contributed by atoms with Gasteiger partial charge < -0.3 is 5.32 Å². The fourth-order valence-corrected chi connectivity index (χ4v) is 3.94. The van der Waals surface area contributed by atoms with Crippen molar-refractivity contribution >= 4 is 48.8 Å². The summed E-state index contributed by atoms with van der Waals surface area (Å²) >= 11 is 11.8. The molecule has 0 radical (unpaired) electrons. The zero-order chi connectivity index (χ0) is 15.1. The van der Waals surface area contributed by atoms with Gasteiger partial charge in [-0.15, -0.1) is 0 Å². The molecule has 0 aromatic heterocycles. The van der Waals surface area contributed by atoms with Crippen LogP contribution in [0.4, 0.5) is 0 Å². The minimum Gasteiger partial charge on any atom is -0.347 e. The van der Waals surface area contributed by atoms with Gasteiger partial charge in [0.2, 0.25) is 0 Å². The lowest BCUT2D eigenvalue weighted by Crippen LogP contribution is -2.51. The molecule has 0 atom stereocenters. The molecule has 0 saturated heterocycles. The molecule has 1 fully saturated rings. The molecule has 2 rings (SSSR count). The molecule has 1 saturated carbocycles. The molecule has 0 bridgehead atoms. The van der Waals surface area contributed by atoms with Gasteiger partial charge in [0.05, 0.1) is 10.6 Å². The second kappa shape index (κ2) is 5.37. The average molecular weight is 357 g/mol. The van der Waals surface area contributed by atoms with Gasteiger partial charge in [0.1, 0.15) is 4.90 Å². The number of amides is 1. The number of hydrogen-bond donors (Lipinski definition) is 1. The molecule has 0 spiro atoms. The fraction of sp³-hybridized carbons (Fsp3) is 0.417. The lowest BCUT2D eigenvalue weighted by atomic mass is 9.78. The number of halogens is 3. The summed E-state index contributed by atoms with van der Waals surface area (Å²) in [6.07, 6.45) is 2.79. The summed E-state index contributed by atoms with van der Waals surface area (Å²) < 4.78 is 22.8. The van der Waals surface area contributed by atoms with Crippen LogP contribution in [-0.2, 0) is 9.05 Å². The molecule has 8 heteroatoms. The first kappa shape index (κ1) is 15.9. The maximum atomic E-state index is 12.2. The van der Waals surface area contributed by atoms with E-state index < -0.39 is 15.0 Å². The highest BCUT2D eigenvalue weighted by Crippen LogP contribution is 2.34. The van der Waals surface area contributed by atoms with Gasteiger partial charge in [-0.05, 0) is 38.3 Å². The van der Waals surface area contributed by atoms with Crippen molar-refractivity contribution in [1.29, 1.82) is 0 Å². The van der Waals surface area contributed by atoms with E-state index in [-0.39, 0.29) is 26.0 Å². The predicted octanol–water partition coefficient (Wildman–Crippen LogP) is 3.59. The van der Waals surface area contributed by atoms with Crippen LogP contribution in [0.3, 0.4) is 0 Å². The van der Waals surface area contributed by atoms with Crippen LogP contribution < -0.4 is 5.32 Å². The molecule has 0 aliphatic heterocycles. The molecule has 1 aromatic carbocycles. The van der Waals surface area contributed by atoms with Crippen LogP contribution in [-0.4, -0.2) is 19.9 Å². The molecule has 1 amide bonds. The van der Waals surface area contributed by atoms with Crippen molar-refractivity contribution < 1.29 is 13.2 Å². The third-order valence-electron chi connectivity index (χ3n) is 3.38. The Labute approximate surface area is 131 Å². The number of carbonyl (C=O) groups excluding carboxylic acids is 1. The average Bonchev–Trinajstić information content (AvgIpc) is 2.28. The van der Waals surface area contributed by atoms with Crippen LogP contribution in [0.5, 0.6) is 0 Å². The van der Waals surface area contributed by atoms with Gasteiger partial charge in [0, 0.05) is 21.2 Å². The highest BCUT2D eigenvalue weighted by Gasteiger charge is 2.34. The van der Waals surface area contributed by atoms with Gasteiger partial charge in [-0.2, -0.15) is 0 Å². The first-order valence-electron chi connectivity index (χ1n) is 5.89. The third kappa shape index (κ3) is 3.22. The molecule has 1 aliphatic carbocycles.